The maximum atomic E-state index is 12.6. The standard InChI is InChI=1S/C20H21N3O/c1-14-5-4-6-15(11-14)13-21-20(24)16-8-9-17-18(12-16)23-10-3-2-7-19(23)22-17/h2-7,10-11,16H,8-9,12-13H2,1H3,(H,21,24). The first kappa shape index (κ1) is 14.9. The van der Waals surface area contributed by atoms with Gasteiger partial charge in [0.1, 0.15) is 5.65 Å². The third-order valence-electron chi connectivity index (χ3n) is 4.80. The van der Waals surface area contributed by atoms with Gasteiger partial charge in [-0.15, -0.1) is 0 Å². The highest BCUT2D eigenvalue weighted by Gasteiger charge is 2.27. The number of carbonyl (C=O) groups excluding carboxylic acids is 1. The lowest BCUT2D eigenvalue weighted by Gasteiger charge is -2.21. The molecule has 4 heteroatoms. The summed E-state index contributed by atoms with van der Waals surface area (Å²) in [6.07, 6.45) is 4.55. The Morgan fingerprint density at radius 1 is 1.29 bits per heavy atom. The minimum Gasteiger partial charge on any atom is -0.352 e. The van der Waals surface area contributed by atoms with Crippen molar-refractivity contribution in [3.8, 4) is 0 Å². The SMILES string of the molecule is Cc1cccc(CNC(=O)C2CCc3nc4ccccn4c3C2)c1. The van der Waals surface area contributed by atoms with Gasteiger partial charge in [0.2, 0.25) is 5.91 Å². The molecule has 0 radical (unpaired) electrons. The van der Waals surface area contributed by atoms with Gasteiger partial charge in [0, 0.05) is 30.8 Å². The molecule has 0 saturated heterocycles. The van der Waals surface area contributed by atoms with Gasteiger partial charge >= 0.3 is 0 Å². The van der Waals surface area contributed by atoms with E-state index in [1.807, 2.05) is 30.5 Å². The second-order valence-corrected chi connectivity index (χ2v) is 6.58. The van der Waals surface area contributed by atoms with Crippen molar-refractivity contribution in [1.29, 1.82) is 0 Å². The molecule has 2 aromatic heterocycles. The zero-order valence-electron chi connectivity index (χ0n) is 13.8. The zero-order valence-corrected chi connectivity index (χ0v) is 13.8. The Morgan fingerprint density at radius 3 is 3.08 bits per heavy atom. The molecular weight excluding hydrogens is 298 g/mol. The fourth-order valence-electron chi connectivity index (χ4n) is 3.54. The van der Waals surface area contributed by atoms with Crippen molar-refractivity contribution in [1.82, 2.24) is 14.7 Å². The zero-order chi connectivity index (χ0) is 16.5. The maximum Gasteiger partial charge on any atom is 0.223 e. The van der Waals surface area contributed by atoms with E-state index in [4.69, 9.17) is 0 Å². The van der Waals surface area contributed by atoms with Crippen molar-refractivity contribution in [2.75, 3.05) is 0 Å². The first-order valence-corrected chi connectivity index (χ1v) is 8.49. The third kappa shape index (κ3) is 2.80. The van der Waals surface area contributed by atoms with Gasteiger partial charge in [-0.25, -0.2) is 4.98 Å². The van der Waals surface area contributed by atoms with Crippen molar-refractivity contribution in [2.45, 2.75) is 32.7 Å². The van der Waals surface area contributed by atoms with E-state index in [0.717, 1.165) is 36.2 Å². The fraction of sp³-hybridized carbons (Fsp3) is 0.300. The Kier molecular flexibility index (Phi) is 3.81. The molecule has 122 valence electrons. The Morgan fingerprint density at radius 2 is 2.21 bits per heavy atom. The third-order valence-corrected chi connectivity index (χ3v) is 4.80. The summed E-state index contributed by atoms with van der Waals surface area (Å²) in [5.41, 5.74) is 5.67. The van der Waals surface area contributed by atoms with Crippen LogP contribution in [0.25, 0.3) is 5.65 Å². The summed E-state index contributed by atoms with van der Waals surface area (Å²) in [6, 6.07) is 14.3. The van der Waals surface area contributed by atoms with Crippen molar-refractivity contribution in [3.05, 3.63) is 71.2 Å². The number of aromatic nitrogens is 2. The molecule has 1 aliphatic carbocycles. The van der Waals surface area contributed by atoms with E-state index in [9.17, 15) is 4.79 Å². The number of fused-ring (bicyclic) bond motifs is 3. The summed E-state index contributed by atoms with van der Waals surface area (Å²) >= 11 is 0. The molecule has 0 aliphatic heterocycles. The quantitative estimate of drug-likeness (QED) is 0.806. The number of carbonyl (C=O) groups is 1. The Bertz CT molecular complexity index is 897. The minimum atomic E-state index is 0.0300. The van der Waals surface area contributed by atoms with Crippen molar-refractivity contribution < 1.29 is 4.79 Å². The van der Waals surface area contributed by atoms with Crippen LogP contribution in [0.5, 0.6) is 0 Å². The van der Waals surface area contributed by atoms with E-state index in [-0.39, 0.29) is 11.8 Å². The Labute approximate surface area is 141 Å². The summed E-state index contributed by atoms with van der Waals surface area (Å²) in [7, 11) is 0. The summed E-state index contributed by atoms with van der Waals surface area (Å²) in [5, 5.41) is 3.10. The average molecular weight is 319 g/mol. The van der Waals surface area contributed by atoms with Crippen LogP contribution in [0, 0.1) is 12.8 Å². The molecule has 1 atom stereocenters. The lowest BCUT2D eigenvalue weighted by molar-refractivity contribution is -0.125. The number of hydrogen-bond acceptors (Lipinski definition) is 2. The monoisotopic (exact) mass is 319 g/mol. The molecule has 0 fully saturated rings. The molecule has 1 amide bonds. The molecule has 0 spiro atoms. The number of nitrogens with zero attached hydrogens (tertiary/aromatic N) is 2. The van der Waals surface area contributed by atoms with Gasteiger partial charge in [-0.05, 0) is 37.5 Å². The smallest absolute Gasteiger partial charge is 0.223 e. The average Bonchev–Trinajstić information content (AvgIpc) is 2.97. The van der Waals surface area contributed by atoms with E-state index in [0.29, 0.717) is 6.54 Å². The van der Waals surface area contributed by atoms with Crippen molar-refractivity contribution in [2.24, 2.45) is 5.92 Å². The first-order chi connectivity index (χ1) is 11.7. The number of rotatable bonds is 3. The van der Waals surface area contributed by atoms with E-state index >= 15 is 0 Å². The molecule has 0 bridgehead atoms. The first-order valence-electron chi connectivity index (χ1n) is 8.49. The molecule has 0 saturated carbocycles. The van der Waals surface area contributed by atoms with Crippen LogP contribution in [0.2, 0.25) is 0 Å². The van der Waals surface area contributed by atoms with Gasteiger partial charge in [-0.2, -0.15) is 0 Å². The van der Waals surface area contributed by atoms with E-state index in [1.165, 1.54) is 11.3 Å². The van der Waals surface area contributed by atoms with Crippen LogP contribution in [-0.4, -0.2) is 15.3 Å². The summed E-state index contributed by atoms with van der Waals surface area (Å²) in [5.74, 6) is 0.176. The van der Waals surface area contributed by atoms with Crippen LogP contribution in [0.3, 0.4) is 0 Å². The predicted octanol–water partition coefficient (Wildman–Crippen LogP) is 3.06. The van der Waals surface area contributed by atoms with Crippen LogP contribution in [-0.2, 0) is 24.2 Å². The molecule has 3 aromatic rings. The highest BCUT2D eigenvalue weighted by Crippen LogP contribution is 2.26. The highest BCUT2D eigenvalue weighted by molar-refractivity contribution is 5.79. The van der Waals surface area contributed by atoms with E-state index in [1.54, 1.807) is 0 Å². The molecule has 1 N–H and O–H groups in total. The molecule has 1 aromatic carbocycles. The number of benzene rings is 1. The number of nitrogens with one attached hydrogen (secondary N) is 1. The Balaban J connectivity index is 1.47. The molecule has 24 heavy (non-hydrogen) atoms. The number of aryl methyl sites for hydroxylation is 2. The number of pyridine rings is 1. The summed E-state index contributed by atoms with van der Waals surface area (Å²) < 4.78 is 2.12. The van der Waals surface area contributed by atoms with Crippen LogP contribution in [0.1, 0.15) is 28.9 Å². The van der Waals surface area contributed by atoms with Crippen LogP contribution in [0.15, 0.2) is 48.7 Å². The van der Waals surface area contributed by atoms with Crippen molar-refractivity contribution >= 4 is 11.6 Å². The fourth-order valence-corrected chi connectivity index (χ4v) is 3.54. The highest BCUT2D eigenvalue weighted by atomic mass is 16.1. The minimum absolute atomic E-state index is 0.0300. The Hall–Kier alpha value is -2.62. The molecular formula is C20H21N3O. The maximum absolute atomic E-state index is 12.6. The predicted molar refractivity (Wildman–Crippen MR) is 93.7 cm³/mol. The van der Waals surface area contributed by atoms with Gasteiger partial charge in [0.25, 0.3) is 0 Å². The molecule has 2 heterocycles. The normalized spacial score (nSPS) is 16.8. The van der Waals surface area contributed by atoms with Gasteiger partial charge < -0.3 is 9.72 Å². The summed E-state index contributed by atoms with van der Waals surface area (Å²) in [6.45, 7) is 2.66. The topological polar surface area (TPSA) is 46.4 Å². The molecule has 1 unspecified atom stereocenters. The van der Waals surface area contributed by atoms with Gasteiger partial charge in [0.05, 0.1) is 5.69 Å². The van der Waals surface area contributed by atoms with Crippen molar-refractivity contribution in [3.63, 3.8) is 0 Å². The molecule has 1 aliphatic rings. The van der Waals surface area contributed by atoms with Crippen LogP contribution >= 0.6 is 0 Å². The second kappa shape index (κ2) is 6.11. The molecule has 4 rings (SSSR count). The second-order valence-electron chi connectivity index (χ2n) is 6.58. The van der Waals surface area contributed by atoms with Gasteiger partial charge in [-0.1, -0.05) is 35.9 Å². The number of imidazole rings is 1. The van der Waals surface area contributed by atoms with Gasteiger partial charge in [0.15, 0.2) is 0 Å². The van der Waals surface area contributed by atoms with E-state index < -0.39 is 0 Å². The molecule has 4 nitrogen and oxygen atoms in total. The van der Waals surface area contributed by atoms with Gasteiger partial charge in [-0.3, -0.25) is 4.79 Å². The summed E-state index contributed by atoms with van der Waals surface area (Å²) in [4.78, 5) is 17.3. The largest absolute Gasteiger partial charge is 0.352 e. The lowest BCUT2D eigenvalue weighted by atomic mass is 9.89. The van der Waals surface area contributed by atoms with Crippen LogP contribution in [0.4, 0.5) is 0 Å². The van der Waals surface area contributed by atoms with E-state index in [2.05, 4.69) is 39.8 Å². The van der Waals surface area contributed by atoms with Crippen LogP contribution < -0.4 is 5.32 Å². The lowest BCUT2D eigenvalue weighted by Crippen LogP contribution is -2.34. The number of hydrogen-bond donors (Lipinski definition) is 1. The number of amides is 1.